The van der Waals surface area contributed by atoms with Gasteiger partial charge < -0.3 is 9.47 Å². The van der Waals surface area contributed by atoms with Crippen LogP contribution in [-0.4, -0.2) is 19.0 Å². The number of carbonyl (C=O) groups excluding carboxylic acids is 1. The largest absolute Gasteiger partial charge is 0.490 e. The van der Waals surface area contributed by atoms with Crippen molar-refractivity contribution in [1.82, 2.24) is 0 Å². The Morgan fingerprint density at radius 2 is 2.00 bits per heavy atom. The van der Waals surface area contributed by atoms with Gasteiger partial charge in [-0.3, -0.25) is 4.79 Å². The number of halogens is 1. The third kappa shape index (κ3) is 2.30. The molecule has 1 heterocycles. The first-order chi connectivity index (χ1) is 7.68. The summed E-state index contributed by atoms with van der Waals surface area (Å²) in [5.74, 6) is 1.31. The fraction of sp³-hybridized carbons (Fsp3) is 0.417. The molecule has 2 rings (SSSR count). The van der Waals surface area contributed by atoms with Crippen molar-refractivity contribution in [2.75, 3.05) is 13.2 Å². The van der Waals surface area contributed by atoms with Crippen molar-refractivity contribution >= 4 is 17.4 Å². The summed E-state index contributed by atoms with van der Waals surface area (Å²) in [4.78, 5) is 11.2. The Morgan fingerprint density at radius 1 is 1.31 bits per heavy atom. The van der Waals surface area contributed by atoms with Crippen molar-refractivity contribution in [2.45, 2.75) is 18.7 Å². The second-order valence-electron chi connectivity index (χ2n) is 3.73. The van der Waals surface area contributed by atoms with Crippen molar-refractivity contribution < 1.29 is 14.3 Å². The molecule has 0 aliphatic carbocycles. The van der Waals surface area contributed by atoms with E-state index in [0.29, 0.717) is 24.7 Å². The normalized spacial score (nSPS) is 16.4. The van der Waals surface area contributed by atoms with E-state index in [9.17, 15) is 4.79 Å². The molecule has 0 amide bonds. The van der Waals surface area contributed by atoms with Crippen molar-refractivity contribution in [3.05, 3.63) is 23.8 Å². The second-order valence-corrected chi connectivity index (χ2v) is 4.17. The molecule has 1 aliphatic rings. The molecular formula is C12H13ClO3. The van der Waals surface area contributed by atoms with Gasteiger partial charge >= 0.3 is 0 Å². The summed E-state index contributed by atoms with van der Waals surface area (Å²) in [7, 11) is 0. The standard InChI is InChI=1S/C12H13ClO3/c1-8(14)12(13)9-3-4-10-11(7-9)16-6-2-5-15-10/h3-4,7,12H,2,5-6H2,1H3. The van der Waals surface area contributed by atoms with Crippen LogP contribution in [0.3, 0.4) is 0 Å². The monoisotopic (exact) mass is 240 g/mol. The van der Waals surface area contributed by atoms with Crippen molar-refractivity contribution in [2.24, 2.45) is 0 Å². The molecule has 0 fully saturated rings. The van der Waals surface area contributed by atoms with Crippen LogP contribution in [0.4, 0.5) is 0 Å². The molecule has 1 aromatic rings. The van der Waals surface area contributed by atoms with Gasteiger partial charge in [-0.05, 0) is 24.6 Å². The van der Waals surface area contributed by atoms with E-state index >= 15 is 0 Å². The first-order valence-electron chi connectivity index (χ1n) is 5.22. The Labute approximate surface area is 99.3 Å². The Hall–Kier alpha value is -1.22. The van der Waals surface area contributed by atoms with Gasteiger partial charge in [0.05, 0.1) is 13.2 Å². The van der Waals surface area contributed by atoms with Crippen LogP contribution in [0.2, 0.25) is 0 Å². The number of carbonyl (C=O) groups is 1. The summed E-state index contributed by atoms with van der Waals surface area (Å²) in [6.07, 6.45) is 0.862. The zero-order chi connectivity index (χ0) is 11.5. The lowest BCUT2D eigenvalue weighted by molar-refractivity contribution is -0.116. The zero-order valence-corrected chi connectivity index (χ0v) is 9.79. The van der Waals surface area contributed by atoms with Crippen LogP contribution in [-0.2, 0) is 4.79 Å². The summed E-state index contributed by atoms with van der Waals surface area (Å²) in [6.45, 7) is 2.76. The lowest BCUT2D eigenvalue weighted by Gasteiger charge is -2.11. The Bertz CT molecular complexity index is 403. The van der Waals surface area contributed by atoms with Crippen molar-refractivity contribution in [3.8, 4) is 11.5 Å². The number of rotatable bonds is 2. The molecule has 0 saturated heterocycles. The molecule has 0 bridgehead atoms. The Morgan fingerprint density at radius 3 is 2.69 bits per heavy atom. The van der Waals surface area contributed by atoms with Crippen LogP contribution in [0.1, 0.15) is 24.3 Å². The van der Waals surface area contributed by atoms with E-state index in [4.69, 9.17) is 21.1 Å². The highest BCUT2D eigenvalue weighted by Crippen LogP contribution is 2.34. The summed E-state index contributed by atoms with van der Waals surface area (Å²) in [5, 5.41) is -0.614. The topological polar surface area (TPSA) is 35.5 Å². The molecule has 0 spiro atoms. The van der Waals surface area contributed by atoms with Gasteiger partial charge in [0, 0.05) is 6.42 Å². The number of ketones is 1. The highest BCUT2D eigenvalue weighted by Gasteiger charge is 2.17. The molecular weight excluding hydrogens is 228 g/mol. The smallest absolute Gasteiger partial charge is 0.161 e. The van der Waals surface area contributed by atoms with Crippen LogP contribution in [0.15, 0.2) is 18.2 Å². The Kier molecular flexibility index (Phi) is 3.34. The van der Waals surface area contributed by atoms with Gasteiger partial charge in [-0.15, -0.1) is 11.6 Å². The van der Waals surface area contributed by atoms with E-state index in [1.54, 1.807) is 18.2 Å². The average Bonchev–Trinajstić information content (AvgIpc) is 2.51. The van der Waals surface area contributed by atoms with Crippen LogP contribution in [0.5, 0.6) is 11.5 Å². The lowest BCUT2D eigenvalue weighted by atomic mass is 10.1. The number of ether oxygens (including phenoxy) is 2. The molecule has 0 saturated carbocycles. The third-order valence-corrected chi connectivity index (χ3v) is 2.98. The highest BCUT2D eigenvalue weighted by atomic mass is 35.5. The van der Waals surface area contributed by atoms with Gasteiger partial charge in [-0.1, -0.05) is 6.07 Å². The molecule has 0 N–H and O–H groups in total. The average molecular weight is 241 g/mol. The van der Waals surface area contributed by atoms with E-state index in [-0.39, 0.29) is 5.78 Å². The number of hydrogen-bond acceptors (Lipinski definition) is 3. The molecule has 0 radical (unpaired) electrons. The summed E-state index contributed by atoms with van der Waals surface area (Å²) in [6, 6.07) is 5.38. The van der Waals surface area contributed by atoms with Gasteiger partial charge in [0.15, 0.2) is 17.3 Å². The summed E-state index contributed by atoms with van der Waals surface area (Å²) < 4.78 is 11.0. The van der Waals surface area contributed by atoms with Crippen molar-refractivity contribution in [3.63, 3.8) is 0 Å². The van der Waals surface area contributed by atoms with Crippen LogP contribution in [0.25, 0.3) is 0 Å². The van der Waals surface area contributed by atoms with E-state index in [1.165, 1.54) is 6.92 Å². The van der Waals surface area contributed by atoms with E-state index in [1.807, 2.05) is 0 Å². The molecule has 1 unspecified atom stereocenters. The van der Waals surface area contributed by atoms with Gasteiger partial charge in [0.1, 0.15) is 5.38 Å². The van der Waals surface area contributed by atoms with Crippen molar-refractivity contribution in [1.29, 1.82) is 0 Å². The molecule has 86 valence electrons. The first-order valence-corrected chi connectivity index (χ1v) is 5.66. The van der Waals surface area contributed by atoms with Gasteiger partial charge in [-0.2, -0.15) is 0 Å². The first kappa shape index (κ1) is 11.3. The van der Waals surface area contributed by atoms with Gasteiger partial charge in [0.25, 0.3) is 0 Å². The lowest BCUT2D eigenvalue weighted by Crippen LogP contribution is -2.02. The number of Topliss-reactive ketones (excluding diaryl/α,β-unsaturated/α-hetero) is 1. The number of benzene rings is 1. The second kappa shape index (κ2) is 4.74. The number of hydrogen-bond donors (Lipinski definition) is 0. The molecule has 0 aromatic heterocycles. The highest BCUT2D eigenvalue weighted by molar-refractivity contribution is 6.30. The van der Waals surface area contributed by atoms with E-state index < -0.39 is 5.38 Å². The minimum Gasteiger partial charge on any atom is -0.490 e. The quantitative estimate of drug-likeness (QED) is 0.746. The predicted molar refractivity (Wildman–Crippen MR) is 61.3 cm³/mol. The Balaban J connectivity index is 2.30. The molecule has 4 heteroatoms. The fourth-order valence-corrected chi connectivity index (χ4v) is 1.71. The van der Waals surface area contributed by atoms with E-state index in [0.717, 1.165) is 12.0 Å². The minimum atomic E-state index is -0.614. The minimum absolute atomic E-state index is 0.0730. The molecule has 1 aliphatic heterocycles. The van der Waals surface area contributed by atoms with Gasteiger partial charge in [0.2, 0.25) is 0 Å². The zero-order valence-electron chi connectivity index (χ0n) is 9.03. The fourth-order valence-electron chi connectivity index (χ4n) is 1.57. The molecule has 16 heavy (non-hydrogen) atoms. The van der Waals surface area contributed by atoms with Crippen LogP contribution < -0.4 is 9.47 Å². The maximum atomic E-state index is 11.2. The maximum Gasteiger partial charge on any atom is 0.161 e. The molecule has 3 nitrogen and oxygen atoms in total. The number of alkyl halides is 1. The SMILES string of the molecule is CC(=O)C(Cl)c1ccc2c(c1)OCCCO2. The van der Waals surface area contributed by atoms with Crippen LogP contribution in [0, 0.1) is 0 Å². The van der Waals surface area contributed by atoms with Crippen LogP contribution >= 0.6 is 11.6 Å². The molecule has 1 aromatic carbocycles. The van der Waals surface area contributed by atoms with E-state index in [2.05, 4.69) is 0 Å². The molecule has 1 atom stereocenters. The van der Waals surface area contributed by atoms with Gasteiger partial charge in [-0.25, -0.2) is 0 Å². The summed E-state index contributed by atoms with van der Waals surface area (Å²) >= 11 is 5.98. The maximum absolute atomic E-state index is 11.2. The summed E-state index contributed by atoms with van der Waals surface area (Å²) in [5.41, 5.74) is 0.749. The third-order valence-electron chi connectivity index (χ3n) is 2.42. The predicted octanol–water partition coefficient (Wildman–Crippen LogP) is 2.72. The number of fused-ring (bicyclic) bond motifs is 1.